The van der Waals surface area contributed by atoms with Crippen molar-refractivity contribution in [3.05, 3.63) is 0 Å². The first-order valence-corrected chi connectivity index (χ1v) is 7.00. The minimum atomic E-state index is 0.176. The number of unbranched alkanes of at least 4 members (excludes halogenated alkanes) is 6. The quantitative estimate of drug-likeness (QED) is 0.561. The van der Waals surface area contributed by atoms with Crippen LogP contribution in [0.4, 0.5) is 0 Å². The highest BCUT2D eigenvalue weighted by atomic mass is 16.1. The molecule has 0 fully saturated rings. The van der Waals surface area contributed by atoms with Gasteiger partial charge in [0.1, 0.15) is 0 Å². The molecule has 0 rings (SSSR count). The zero-order valence-corrected chi connectivity index (χ0v) is 11.3. The SMILES string of the molecule is CCCCCCCCCC(C)NC(=O)CC. The van der Waals surface area contributed by atoms with Crippen LogP contribution in [0.3, 0.4) is 0 Å². The van der Waals surface area contributed by atoms with E-state index in [1.165, 1.54) is 44.9 Å². The normalized spacial score (nSPS) is 12.4. The Labute approximate surface area is 101 Å². The maximum Gasteiger partial charge on any atom is 0.219 e. The van der Waals surface area contributed by atoms with Gasteiger partial charge in [-0.1, -0.05) is 58.8 Å². The second-order valence-corrected chi connectivity index (χ2v) is 4.73. The lowest BCUT2D eigenvalue weighted by atomic mass is 10.1. The molecule has 1 N–H and O–H groups in total. The zero-order chi connectivity index (χ0) is 12.2. The van der Waals surface area contributed by atoms with Gasteiger partial charge in [0, 0.05) is 12.5 Å². The molecule has 0 aromatic carbocycles. The Morgan fingerprint density at radius 2 is 1.56 bits per heavy atom. The summed E-state index contributed by atoms with van der Waals surface area (Å²) in [6.45, 7) is 6.25. The molecule has 0 radical (unpaired) electrons. The van der Waals surface area contributed by atoms with Crippen LogP contribution in [0.25, 0.3) is 0 Å². The summed E-state index contributed by atoms with van der Waals surface area (Å²) in [5.41, 5.74) is 0. The minimum Gasteiger partial charge on any atom is -0.354 e. The Bertz CT molecular complexity index is 168. The molecule has 1 amide bonds. The van der Waals surface area contributed by atoms with Gasteiger partial charge in [-0.3, -0.25) is 4.79 Å². The first kappa shape index (κ1) is 15.5. The van der Waals surface area contributed by atoms with E-state index >= 15 is 0 Å². The Hall–Kier alpha value is -0.530. The molecule has 2 heteroatoms. The van der Waals surface area contributed by atoms with Crippen molar-refractivity contribution in [3.8, 4) is 0 Å². The van der Waals surface area contributed by atoms with Crippen LogP contribution in [0.1, 0.15) is 78.6 Å². The molecule has 2 nitrogen and oxygen atoms in total. The number of nitrogens with one attached hydrogen (secondary N) is 1. The summed E-state index contributed by atoms with van der Waals surface area (Å²) < 4.78 is 0. The summed E-state index contributed by atoms with van der Waals surface area (Å²) in [6.07, 6.45) is 11.1. The van der Waals surface area contributed by atoms with Crippen molar-refractivity contribution in [1.29, 1.82) is 0 Å². The molecule has 0 aromatic heterocycles. The summed E-state index contributed by atoms with van der Waals surface area (Å²) in [4.78, 5) is 11.1. The Morgan fingerprint density at radius 3 is 2.12 bits per heavy atom. The molecule has 0 aliphatic rings. The van der Waals surface area contributed by atoms with Gasteiger partial charge in [-0.15, -0.1) is 0 Å². The average Bonchev–Trinajstić information content (AvgIpc) is 2.27. The van der Waals surface area contributed by atoms with Gasteiger partial charge in [0.15, 0.2) is 0 Å². The maximum absolute atomic E-state index is 11.1. The van der Waals surface area contributed by atoms with Crippen LogP contribution in [-0.2, 0) is 4.79 Å². The van der Waals surface area contributed by atoms with Crippen LogP contribution in [0.5, 0.6) is 0 Å². The molecule has 1 atom stereocenters. The van der Waals surface area contributed by atoms with Crippen molar-refractivity contribution in [3.63, 3.8) is 0 Å². The van der Waals surface area contributed by atoms with Gasteiger partial charge in [0.2, 0.25) is 5.91 Å². The molecule has 16 heavy (non-hydrogen) atoms. The van der Waals surface area contributed by atoms with Crippen LogP contribution in [0.2, 0.25) is 0 Å². The van der Waals surface area contributed by atoms with E-state index in [1.807, 2.05) is 6.92 Å². The molecule has 0 spiro atoms. The Morgan fingerprint density at radius 1 is 1.00 bits per heavy atom. The average molecular weight is 227 g/mol. The second kappa shape index (κ2) is 11.0. The van der Waals surface area contributed by atoms with E-state index < -0.39 is 0 Å². The number of carbonyl (C=O) groups is 1. The Kier molecular flexibility index (Phi) is 10.6. The van der Waals surface area contributed by atoms with E-state index in [4.69, 9.17) is 0 Å². The molecular formula is C14H29NO. The highest BCUT2D eigenvalue weighted by molar-refractivity contribution is 5.75. The summed E-state index contributed by atoms with van der Waals surface area (Å²) in [5.74, 6) is 0.176. The van der Waals surface area contributed by atoms with Gasteiger partial charge >= 0.3 is 0 Å². The number of rotatable bonds is 10. The number of hydrogen-bond donors (Lipinski definition) is 1. The van der Waals surface area contributed by atoms with Gasteiger partial charge in [-0.2, -0.15) is 0 Å². The van der Waals surface area contributed by atoms with Gasteiger partial charge in [-0.25, -0.2) is 0 Å². The van der Waals surface area contributed by atoms with E-state index in [-0.39, 0.29) is 5.91 Å². The first-order valence-electron chi connectivity index (χ1n) is 7.00. The van der Waals surface area contributed by atoms with Crippen molar-refractivity contribution in [2.75, 3.05) is 0 Å². The van der Waals surface area contributed by atoms with Crippen molar-refractivity contribution in [2.45, 2.75) is 84.6 Å². The minimum absolute atomic E-state index is 0.176. The fraction of sp³-hybridized carbons (Fsp3) is 0.929. The lowest BCUT2D eigenvalue weighted by Gasteiger charge is -2.12. The topological polar surface area (TPSA) is 29.1 Å². The molecule has 0 aliphatic heterocycles. The van der Waals surface area contributed by atoms with Gasteiger partial charge < -0.3 is 5.32 Å². The first-order chi connectivity index (χ1) is 7.70. The van der Waals surface area contributed by atoms with E-state index in [0.29, 0.717) is 12.5 Å². The molecule has 0 heterocycles. The van der Waals surface area contributed by atoms with E-state index in [9.17, 15) is 4.79 Å². The predicted molar refractivity (Wildman–Crippen MR) is 70.5 cm³/mol. The maximum atomic E-state index is 11.1. The summed E-state index contributed by atoms with van der Waals surface area (Å²) in [6, 6.07) is 0.350. The van der Waals surface area contributed by atoms with Crippen LogP contribution in [-0.4, -0.2) is 11.9 Å². The molecule has 0 saturated carbocycles. The molecule has 1 unspecified atom stereocenters. The Balaban J connectivity index is 3.21. The third kappa shape index (κ3) is 10.0. The van der Waals surface area contributed by atoms with Gasteiger partial charge in [0.25, 0.3) is 0 Å². The third-order valence-electron chi connectivity index (χ3n) is 2.97. The molecule has 0 bridgehead atoms. The largest absolute Gasteiger partial charge is 0.354 e. The van der Waals surface area contributed by atoms with E-state index in [0.717, 1.165) is 6.42 Å². The lowest BCUT2D eigenvalue weighted by molar-refractivity contribution is -0.121. The summed E-state index contributed by atoms with van der Waals surface area (Å²) in [7, 11) is 0. The highest BCUT2D eigenvalue weighted by Crippen LogP contribution is 2.09. The third-order valence-corrected chi connectivity index (χ3v) is 2.97. The van der Waals surface area contributed by atoms with Crippen LogP contribution < -0.4 is 5.32 Å². The van der Waals surface area contributed by atoms with Crippen molar-refractivity contribution < 1.29 is 4.79 Å². The molecule has 0 aromatic rings. The number of hydrogen-bond acceptors (Lipinski definition) is 1. The fourth-order valence-electron chi connectivity index (χ4n) is 1.86. The van der Waals surface area contributed by atoms with Gasteiger partial charge in [-0.05, 0) is 13.3 Å². The fourth-order valence-corrected chi connectivity index (χ4v) is 1.86. The second-order valence-electron chi connectivity index (χ2n) is 4.73. The molecule has 0 aliphatic carbocycles. The molecule has 0 saturated heterocycles. The van der Waals surface area contributed by atoms with Crippen molar-refractivity contribution in [2.24, 2.45) is 0 Å². The summed E-state index contributed by atoms with van der Waals surface area (Å²) >= 11 is 0. The van der Waals surface area contributed by atoms with Gasteiger partial charge in [0.05, 0.1) is 0 Å². The number of carbonyl (C=O) groups excluding carboxylic acids is 1. The number of amides is 1. The smallest absolute Gasteiger partial charge is 0.219 e. The molecular weight excluding hydrogens is 198 g/mol. The van der Waals surface area contributed by atoms with E-state index in [2.05, 4.69) is 19.2 Å². The van der Waals surface area contributed by atoms with Crippen molar-refractivity contribution >= 4 is 5.91 Å². The van der Waals surface area contributed by atoms with Crippen molar-refractivity contribution in [1.82, 2.24) is 5.32 Å². The van der Waals surface area contributed by atoms with E-state index in [1.54, 1.807) is 0 Å². The van der Waals surface area contributed by atoms with Crippen LogP contribution in [0.15, 0.2) is 0 Å². The van der Waals surface area contributed by atoms with Crippen LogP contribution in [0, 0.1) is 0 Å². The monoisotopic (exact) mass is 227 g/mol. The predicted octanol–water partition coefficient (Wildman–Crippen LogP) is 4.04. The van der Waals surface area contributed by atoms with Crippen LogP contribution >= 0.6 is 0 Å². The lowest BCUT2D eigenvalue weighted by Crippen LogP contribution is -2.31. The summed E-state index contributed by atoms with van der Waals surface area (Å²) in [5, 5.41) is 3.00. The zero-order valence-electron chi connectivity index (χ0n) is 11.3. The standard InChI is InChI=1S/C14H29NO/c1-4-6-7-8-9-10-11-12-13(3)15-14(16)5-2/h13H,4-12H2,1-3H3,(H,15,16). The molecule has 96 valence electrons. The highest BCUT2D eigenvalue weighted by Gasteiger charge is 2.04.